The van der Waals surface area contributed by atoms with Crippen LogP contribution in [-0.4, -0.2) is 11.5 Å². The maximum atomic E-state index is 6.08. The number of nitrogens with zero attached hydrogens (tertiary/aromatic N) is 1. The Balaban J connectivity index is 0.00000127. The Morgan fingerprint density at radius 2 is 1.70 bits per heavy atom. The van der Waals surface area contributed by atoms with E-state index in [0.717, 1.165) is 37.7 Å². The van der Waals surface area contributed by atoms with Crippen molar-refractivity contribution >= 4 is 16.7 Å². The quantitative estimate of drug-likeness (QED) is 0.684. The zero-order valence-electron chi connectivity index (χ0n) is 15.1. The monoisotopic (exact) mass is 315 g/mol. The summed E-state index contributed by atoms with van der Waals surface area (Å²) in [7, 11) is 0. The summed E-state index contributed by atoms with van der Waals surface area (Å²) in [6.07, 6.45) is 8.00. The third-order valence-electron chi connectivity index (χ3n) is 3.96. The molecule has 0 aliphatic rings. The topological polar surface area (TPSA) is 64.9 Å². The Bertz CT molecular complexity index is 578. The van der Waals surface area contributed by atoms with Gasteiger partial charge in [-0.1, -0.05) is 39.7 Å². The zero-order chi connectivity index (χ0) is 17.1. The van der Waals surface area contributed by atoms with Crippen LogP contribution in [0.25, 0.3) is 10.9 Å². The Kier molecular flexibility index (Phi) is 9.30. The predicted molar refractivity (Wildman–Crippen MR) is 103 cm³/mol. The molecule has 128 valence electrons. The van der Waals surface area contributed by atoms with Crippen LogP contribution >= 0.6 is 0 Å². The zero-order valence-corrected chi connectivity index (χ0v) is 15.1. The molecular formula is C20H33N3. The van der Waals surface area contributed by atoms with Crippen LogP contribution in [0.15, 0.2) is 24.3 Å². The van der Waals surface area contributed by atoms with Gasteiger partial charge < -0.3 is 11.5 Å². The van der Waals surface area contributed by atoms with E-state index < -0.39 is 0 Å². The fourth-order valence-electron chi connectivity index (χ4n) is 2.68. The van der Waals surface area contributed by atoms with Crippen molar-refractivity contribution in [1.82, 2.24) is 4.98 Å². The number of anilines is 1. The highest BCUT2D eigenvalue weighted by atomic mass is 14.8. The molecule has 0 radical (unpaired) electrons. The second kappa shape index (κ2) is 11.0. The van der Waals surface area contributed by atoms with E-state index in [1.165, 1.54) is 35.8 Å². The third kappa shape index (κ3) is 6.19. The number of hydrogen-bond donors (Lipinski definition) is 2. The van der Waals surface area contributed by atoms with Crippen molar-refractivity contribution in [3.05, 3.63) is 35.4 Å². The smallest absolute Gasteiger partial charge is 0.127 e. The molecule has 0 amide bonds. The number of aromatic nitrogens is 1. The Labute approximate surface area is 141 Å². The van der Waals surface area contributed by atoms with Crippen molar-refractivity contribution in [2.24, 2.45) is 5.73 Å². The summed E-state index contributed by atoms with van der Waals surface area (Å²) in [5.74, 6) is 0.689. The molecule has 0 saturated heterocycles. The molecule has 0 unspecified atom stereocenters. The van der Waals surface area contributed by atoms with E-state index in [1.807, 2.05) is 13.8 Å². The van der Waals surface area contributed by atoms with Gasteiger partial charge in [-0.05, 0) is 68.0 Å². The first-order chi connectivity index (χ1) is 11.2. The van der Waals surface area contributed by atoms with Crippen molar-refractivity contribution in [3.63, 3.8) is 0 Å². The fraction of sp³-hybridized carbons (Fsp3) is 0.550. The summed E-state index contributed by atoms with van der Waals surface area (Å²) in [5.41, 5.74) is 15.2. The van der Waals surface area contributed by atoms with E-state index in [2.05, 4.69) is 36.2 Å². The van der Waals surface area contributed by atoms with Crippen molar-refractivity contribution in [1.29, 1.82) is 0 Å². The van der Waals surface area contributed by atoms with Gasteiger partial charge in [0.15, 0.2) is 0 Å². The molecule has 3 nitrogen and oxygen atoms in total. The molecule has 0 spiro atoms. The van der Waals surface area contributed by atoms with Gasteiger partial charge >= 0.3 is 0 Å². The number of aryl methyl sites for hydroxylation is 2. The molecule has 0 aliphatic carbocycles. The molecule has 0 atom stereocenters. The van der Waals surface area contributed by atoms with Gasteiger partial charge in [0, 0.05) is 5.39 Å². The Morgan fingerprint density at radius 1 is 0.957 bits per heavy atom. The van der Waals surface area contributed by atoms with Gasteiger partial charge in [-0.3, -0.25) is 0 Å². The lowest BCUT2D eigenvalue weighted by atomic mass is 10.0. The lowest BCUT2D eigenvalue weighted by Crippen LogP contribution is -2.00. The maximum absolute atomic E-state index is 6.08. The number of nitrogens with two attached hydrogens (primary N) is 2. The molecule has 1 heterocycles. The van der Waals surface area contributed by atoms with E-state index in [-0.39, 0.29) is 0 Å². The summed E-state index contributed by atoms with van der Waals surface area (Å²) in [6.45, 7) is 6.99. The van der Waals surface area contributed by atoms with E-state index in [1.54, 1.807) is 0 Å². The van der Waals surface area contributed by atoms with Gasteiger partial charge in [0.1, 0.15) is 5.82 Å². The van der Waals surface area contributed by atoms with Crippen LogP contribution in [0.5, 0.6) is 0 Å². The molecule has 2 rings (SSSR count). The summed E-state index contributed by atoms with van der Waals surface area (Å²) in [4.78, 5) is 4.55. The number of nitrogen functional groups attached to an aromatic ring is 1. The number of rotatable bonds is 8. The Morgan fingerprint density at radius 3 is 2.39 bits per heavy atom. The van der Waals surface area contributed by atoms with Crippen LogP contribution in [0.3, 0.4) is 0 Å². The van der Waals surface area contributed by atoms with Gasteiger partial charge in [-0.2, -0.15) is 0 Å². The number of unbranched alkanes of at least 4 members (excludes halogenated alkanes) is 3. The molecule has 23 heavy (non-hydrogen) atoms. The molecule has 4 N–H and O–H groups in total. The highest BCUT2D eigenvalue weighted by Gasteiger charge is 2.05. The summed E-state index contributed by atoms with van der Waals surface area (Å²) in [5, 5.41) is 1.21. The van der Waals surface area contributed by atoms with Crippen molar-refractivity contribution in [3.8, 4) is 0 Å². The fourth-order valence-corrected chi connectivity index (χ4v) is 2.68. The standard InChI is InChI=1S/C18H27N3.C2H6/c1-2-3-4-8-15-13-16-12-14(7-5-6-11-19)9-10-17(16)21-18(15)20;1-2/h9-10,12-13H,2-8,11,19H2,1H3,(H2,20,21);1-2H3. The average Bonchev–Trinajstić information content (AvgIpc) is 2.58. The minimum Gasteiger partial charge on any atom is -0.383 e. The van der Waals surface area contributed by atoms with Gasteiger partial charge in [0.25, 0.3) is 0 Å². The second-order valence-corrected chi connectivity index (χ2v) is 5.76. The summed E-state index contributed by atoms with van der Waals surface area (Å²) >= 11 is 0. The first kappa shape index (κ1) is 19.4. The van der Waals surface area contributed by atoms with E-state index in [0.29, 0.717) is 5.82 Å². The van der Waals surface area contributed by atoms with Crippen LogP contribution < -0.4 is 11.5 Å². The molecule has 1 aromatic carbocycles. The van der Waals surface area contributed by atoms with Gasteiger partial charge in [-0.15, -0.1) is 0 Å². The third-order valence-corrected chi connectivity index (χ3v) is 3.96. The molecular weight excluding hydrogens is 282 g/mol. The number of hydrogen-bond acceptors (Lipinski definition) is 3. The molecule has 3 heteroatoms. The average molecular weight is 316 g/mol. The normalized spacial score (nSPS) is 10.4. The van der Waals surface area contributed by atoms with Crippen LogP contribution in [-0.2, 0) is 12.8 Å². The Hall–Kier alpha value is -1.61. The largest absolute Gasteiger partial charge is 0.383 e. The van der Waals surface area contributed by atoms with Crippen LogP contribution in [0.1, 0.15) is 64.0 Å². The maximum Gasteiger partial charge on any atom is 0.127 e. The number of pyridine rings is 1. The first-order valence-corrected chi connectivity index (χ1v) is 9.12. The first-order valence-electron chi connectivity index (χ1n) is 9.12. The van der Waals surface area contributed by atoms with E-state index in [9.17, 15) is 0 Å². The molecule has 1 aromatic heterocycles. The predicted octanol–water partition coefficient (Wildman–Crippen LogP) is 4.86. The SMILES string of the molecule is CC.CCCCCc1cc2cc(CCCCN)ccc2nc1N. The highest BCUT2D eigenvalue weighted by Crippen LogP contribution is 2.22. The van der Waals surface area contributed by atoms with Crippen molar-refractivity contribution in [2.45, 2.75) is 65.7 Å². The molecule has 0 aliphatic heterocycles. The molecule has 0 saturated carbocycles. The van der Waals surface area contributed by atoms with E-state index in [4.69, 9.17) is 11.5 Å². The molecule has 2 aromatic rings. The van der Waals surface area contributed by atoms with Gasteiger partial charge in [-0.25, -0.2) is 4.98 Å². The lowest BCUT2D eigenvalue weighted by molar-refractivity contribution is 0.717. The van der Waals surface area contributed by atoms with E-state index >= 15 is 0 Å². The highest BCUT2D eigenvalue weighted by molar-refractivity contribution is 5.82. The van der Waals surface area contributed by atoms with Crippen LogP contribution in [0.2, 0.25) is 0 Å². The second-order valence-electron chi connectivity index (χ2n) is 5.76. The van der Waals surface area contributed by atoms with Crippen LogP contribution in [0.4, 0.5) is 5.82 Å². The lowest BCUT2D eigenvalue weighted by Gasteiger charge is -2.08. The molecule has 0 bridgehead atoms. The number of benzene rings is 1. The van der Waals surface area contributed by atoms with Crippen LogP contribution in [0, 0.1) is 0 Å². The van der Waals surface area contributed by atoms with Crippen molar-refractivity contribution in [2.75, 3.05) is 12.3 Å². The summed E-state index contributed by atoms with van der Waals surface area (Å²) < 4.78 is 0. The minimum absolute atomic E-state index is 0.689. The summed E-state index contributed by atoms with van der Waals surface area (Å²) in [6, 6.07) is 8.71. The minimum atomic E-state index is 0.689. The van der Waals surface area contributed by atoms with Crippen molar-refractivity contribution < 1.29 is 0 Å². The molecule has 0 fully saturated rings. The van der Waals surface area contributed by atoms with Gasteiger partial charge in [0.05, 0.1) is 5.52 Å². The van der Waals surface area contributed by atoms with Gasteiger partial charge in [0.2, 0.25) is 0 Å². The number of fused-ring (bicyclic) bond motifs is 1.